The Kier molecular flexibility index (Phi) is 4.21. The van der Waals surface area contributed by atoms with Crippen molar-refractivity contribution < 1.29 is 14.1 Å². The van der Waals surface area contributed by atoms with Crippen LogP contribution in [0.5, 0.6) is 0 Å². The summed E-state index contributed by atoms with van der Waals surface area (Å²) < 4.78 is 10.3. The number of ether oxygens (including phenoxy) is 1. The summed E-state index contributed by atoms with van der Waals surface area (Å²) in [6.07, 6.45) is 1.37. The Balaban J connectivity index is 2.04. The second-order valence-corrected chi connectivity index (χ2v) is 5.19. The molecule has 2 rings (SSSR count). The molecule has 1 aromatic heterocycles. The lowest BCUT2D eigenvalue weighted by atomic mass is 9.79. The molecular formula is C13H21N3O3. The molecule has 1 aromatic rings. The highest BCUT2D eigenvalue weighted by Crippen LogP contribution is 2.31. The van der Waals surface area contributed by atoms with E-state index in [0.717, 1.165) is 11.5 Å². The maximum absolute atomic E-state index is 12.6. The first kappa shape index (κ1) is 14.0. The van der Waals surface area contributed by atoms with E-state index in [1.807, 2.05) is 13.0 Å². The molecule has 1 amide bonds. The van der Waals surface area contributed by atoms with Crippen molar-refractivity contribution in [3.63, 3.8) is 0 Å². The molecular weight excluding hydrogens is 246 g/mol. The summed E-state index contributed by atoms with van der Waals surface area (Å²) in [4.78, 5) is 14.3. The van der Waals surface area contributed by atoms with Gasteiger partial charge in [-0.05, 0) is 19.8 Å². The summed E-state index contributed by atoms with van der Waals surface area (Å²) in [6.45, 7) is 3.83. The van der Waals surface area contributed by atoms with Crippen molar-refractivity contribution in [3.05, 3.63) is 17.5 Å². The maximum Gasteiger partial charge on any atom is 0.230 e. The molecule has 1 saturated heterocycles. The minimum atomic E-state index is -0.480. The van der Waals surface area contributed by atoms with Crippen LogP contribution in [0.15, 0.2) is 10.6 Å². The van der Waals surface area contributed by atoms with Gasteiger partial charge in [0.15, 0.2) is 0 Å². The molecule has 6 nitrogen and oxygen atoms in total. The van der Waals surface area contributed by atoms with Crippen molar-refractivity contribution in [2.24, 2.45) is 11.1 Å². The summed E-state index contributed by atoms with van der Waals surface area (Å²) in [7, 11) is 1.78. The molecule has 0 aliphatic carbocycles. The van der Waals surface area contributed by atoms with E-state index in [-0.39, 0.29) is 5.91 Å². The van der Waals surface area contributed by atoms with Crippen LogP contribution in [0, 0.1) is 12.3 Å². The molecule has 0 radical (unpaired) electrons. The van der Waals surface area contributed by atoms with Gasteiger partial charge in [0.05, 0.1) is 12.0 Å². The second-order valence-electron chi connectivity index (χ2n) is 5.19. The van der Waals surface area contributed by atoms with Crippen LogP contribution in [0.2, 0.25) is 0 Å². The predicted molar refractivity (Wildman–Crippen MR) is 69.3 cm³/mol. The molecule has 1 aliphatic heterocycles. The van der Waals surface area contributed by atoms with E-state index in [2.05, 4.69) is 5.16 Å². The number of amides is 1. The Bertz CT molecular complexity index is 438. The highest BCUT2D eigenvalue weighted by molar-refractivity contribution is 5.82. The molecule has 1 fully saturated rings. The van der Waals surface area contributed by atoms with Gasteiger partial charge in [-0.1, -0.05) is 5.16 Å². The quantitative estimate of drug-likeness (QED) is 0.868. The van der Waals surface area contributed by atoms with Crippen molar-refractivity contribution in [1.82, 2.24) is 10.1 Å². The van der Waals surface area contributed by atoms with E-state index in [0.29, 0.717) is 39.1 Å². The minimum absolute atomic E-state index is 0.0685. The third-order valence-electron chi connectivity index (χ3n) is 3.72. The van der Waals surface area contributed by atoms with Crippen LogP contribution in [0.4, 0.5) is 0 Å². The van der Waals surface area contributed by atoms with Crippen LogP contribution in [-0.4, -0.2) is 42.8 Å². The van der Waals surface area contributed by atoms with Gasteiger partial charge in [-0.2, -0.15) is 0 Å². The van der Waals surface area contributed by atoms with E-state index < -0.39 is 5.41 Å². The standard InChI is InChI=1S/C13H21N3O3/c1-10-7-11(15-19-10)8-16(2)12(17)13(9-14)3-5-18-6-4-13/h7H,3-6,8-9,14H2,1-2H3. The topological polar surface area (TPSA) is 81.6 Å². The lowest BCUT2D eigenvalue weighted by molar-refractivity contribution is -0.146. The summed E-state index contributed by atoms with van der Waals surface area (Å²) in [5.74, 6) is 0.814. The molecule has 6 heteroatoms. The lowest BCUT2D eigenvalue weighted by Gasteiger charge is -2.37. The first-order chi connectivity index (χ1) is 9.07. The SMILES string of the molecule is Cc1cc(CN(C)C(=O)C2(CN)CCOCC2)no1. The molecule has 0 saturated carbocycles. The number of carbonyl (C=O) groups excluding carboxylic acids is 1. The first-order valence-electron chi connectivity index (χ1n) is 6.53. The second kappa shape index (κ2) is 5.71. The van der Waals surface area contributed by atoms with Gasteiger partial charge in [0, 0.05) is 32.9 Å². The summed E-state index contributed by atoms with van der Waals surface area (Å²) in [6, 6.07) is 1.84. The molecule has 1 aliphatic rings. The zero-order valence-corrected chi connectivity index (χ0v) is 11.5. The Morgan fingerprint density at radius 3 is 2.74 bits per heavy atom. The van der Waals surface area contributed by atoms with Crippen molar-refractivity contribution in [1.29, 1.82) is 0 Å². The number of nitrogens with zero attached hydrogens (tertiary/aromatic N) is 2. The van der Waals surface area contributed by atoms with Gasteiger partial charge in [-0.3, -0.25) is 4.79 Å². The fraction of sp³-hybridized carbons (Fsp3) is 0.692. The number of carbonyl (C=O) groups is 1. The molecule has 0 aromatic carbocycles. The van der Waals surface area contributed by atoms with E-state index in [1.165, 1.54) is 0 Å². The number of aryl methyl sites for hydroxylation is 1. The first-order valence-corrected chi connectivity index (χ1v) is 6.53. The van der Waals surface area contributed by atoms with E-state index >= 15 is 0 Å². The normalized spacial score (nSPS) is 18.3. The monoisotopic (exact) mass is 267 g/mol. The molecule has 106 valence electrons. The van der Waals surface area contributed by atoms with E-state index in [4.69, 9.17) is 15.0 Å². The third-order valence-corrected chi connectivity index (χ3v) is 3.72. The molecule has 0 bridgehead atoms. The Morgan fingerprint density at radius 1 is 1.53 bits per heavy atom. The average Bonchev–Trinajstić information content (AvgIpc) is 2.84. The Hall–Kier alpha value is -1.40. The van der Waals surface area contributed by atoms with E-state index in [1.54, 1.807) is 11.9 Å². The maximum atomic E-state index is 12.6. The van der Waals surface area contributed by atoms with Crippen LogP contribution in [-0.2, 0) is 16.1 Å². The Labute approximate surface area is 112 Å². The summed E-state index contributed by atoms with van der Waals surface area (Å²) in [5, 5.41) is 3.91. The molecule has 19 heavy (non-hydrogen) atoms. The van der Waals surface area contributed by atoms with Gasteiger partial charge >= 0.3 is 0 Å². The smallest absolute Gasteiger partial charge is 0.230 e. The average molecular weight is 267 g/mol. The zero-order chi connectivity index (χ0) is 13.9. The van der Waals surface area contributed by atoms with Gasteiger partial charge in [0.2, 0.25) is 5.91 Å². The minimum Gasteiger partial charge on any atom is -0.381 e. The lowest BCUT2D eigenvalue weighted by Crippen LogP contribution is -2.49. The van der Waals surface area contributed by atoms with Crippen LogP contribution >= 0.6 is 0 Å². The molecule has 0 unspecified atom stereocenters. The molecule has 2 heterocycles. The molecule has 0 atom stereocenters. The van der Waals surface area contributed by atoms with Crippen molar-refractivity contribution in [3.8, 4) is 0 Å². The van der Waals surface area contributed by atoms with Crippen LogP contribution in [0.25, 0.3) is 0 Å². The van der Waals surface area contributed by atoms with Crippen LogP contribution < -0.4 is 5.73 Å². The summed E-state index contributed by atoms with van der Waals surface area (Å²) >= 11 is 0. The van der Waals surface area contributed by atoms with Gasteiger partial charge in [-0.15, -0.1) is 0 Å². The van der Waals surface area contributed by atoms with E-state index in [9.17, 15) is 4.79 Å². The highest BCUT2D eigenvalue weighted by Gasteiger charge is 2.40. The van der Waals surface area contributed by atoms with Gasteiger partial charge in [0.1, 0.15) is 11.5 Å². The third kappa shape index (κ3) is 2.96. The number of hydrogen-bond donors (Lipinski definition) is 1. The molecule has 0 spiro atoms. The fourth-order valence-electron chi connectivity index (χ4n) is 2.48. The fourth-order valence-corrected chi connectivity index (χ4v) is 2.48. The van der Waals surface area contributed by atoms with Gasteiger partial charge in [-0.25, -0.2) is 0 Å². The highest BCUT2D eigenvalue weighted by atomic mass is 16.5. The van der Waals surface area contributed by atoms with Crippen LogP contribution in [0.1, 0.15) is 24.3 Å². The number of aromatic nitrogens is 1. The van der Waals surface area contributed by atoms with Gasteiger partial charge in [0.25, 0.3) is 0 Å². The predicted octanol–water partition coefficient (Wildman–Crippen LogP) is 0.697. The summed E-state index contributed by atoms with van der Waals surface area (Å²) in [5.41, 5.74) is 6.11. The van der Waals surface area contributed by atoms with Crippen LogP contribution in [0.3, 0.4) is 0 Å². The Morgan fingerprint density at radius 2 is 2.21 bits per heavy atom. The largest absolute Gasteiger partial charge is 0.381 e. The number of nitrogens with two attached hydrogens (primary N) is 1. The van der Waals surface area contributed by atoms with Crippen molar-refractivity contribution in [2.45, 2.75) is 26.3 Å². The van der Waals surface area contributed by atoms with Gasteiger partial charge < -0.3 is 19.9 Å². The van der Waals surface area contributed by atoms with Crippen molar-refractivity contribution >= 4 is 5.91 Å². The number of hydrogen-bond acceptors (Lipinski definition) is 5. The molecule has 2 N–H and O–H groups in total. The number of rotatable bonds is 4. The van der Waals surface area contributed by atoms with Crippen molar-refractivity contribution in [2.75, 3.05) is 26.8 Å². The zero-order valence-electron chi connectivity index (χ0n) is 11.5.